The normalized spacial score (nSPS) is 11.9. The van der Waals surface area contributed by atoms with E-state index in [2.05, 4.69) is 40.3 Å². The summed E-state index contributed by atoms with van der Waals surface area (Å²) in [6, 6.07) is 18.1. The van der Waals surface area contributed by atoms with E-state index < -0.39 is 0 Å². The Kier molecular flexibility index (Phi) is 5.36. The van der Waals surface area contributed by atoms with Crippen LogP contribution >= 0.6 is 15.9 Å². The largest absolute Gasteiger partial charge is 0.355 e. The number of carbonyl (C=O) groups is 1. The van der Waals surface area contributed by atoms with E-state index in [-0.39, 0.29) is 5.91 Å². The minimum atomic E-state index is 0.0649. The van der Waals surface area contributed by atoms with E-state index in [1.807, 2.05) is 42.5 Å². The molecule has 0 aliphatic heterocycles. The molecule has 0 saturated carbocycles. The molecular weight excluding hydrogens is 314 g/mol. The van der Waals surface area contributed by atoms with Crippen LogP contribution in [-0.2, 0) is 11.2 Å². The standard InChI is InChI=1S/C17H18BrNO/c1-13(15-5-3-2-4-6-15)12-19-17(20)11-14-7-9-16(18)10-8-14/h2-10,13H,11-12H2,1H3,(H,19,20). The van der Waals surface area contributed by atoms with Crippen LogP contribution in [0, 0.1) is 0 Å². The topological polar surface area (TPSA) is 29.1 Å². The third-order valence-corrected chi connectivity index (χ3v) is 3.78. The molecule has 104 valence electrons. The summed E-state index contributed by atoms with van der Waals surface area (Å²) in [5.74, 6) is 0.389. The lowest BCUT2D eigenvalue weighted by Crippen LogP contribution is -2.28. The average molecular weight is 332 g/mol. The van der Waals surface area contributed by atoms with Crippen LogP contribution in [0.3, 0.4) is 0 Å². The molecular formula is C17H18BrNO. The van der Waals surface area contributed by atoms with Crippen LogP contribution in [0.1, 0.15) is 24.0 Å². The Bertz CT molecular complexity index is 551. The molecule has 1 unspecified atom stereocenters. The first kappa shape index (κ1) is 14.8. The third kappa shape index (κ3) is 4.49. The van der Waals surface area contributed by atoms with Crippen LogP contribution in [0.4, 0.5) is 0 Å². The Hall–Kier alpha value is -1.61. The van der Waals surface area contributed by atoms with Crippen molar-refractivity contribution in [2.75, 3.05) is 6.54 Å². The van der Waals surface area contributed by atoms with E-state index in [1.54, 1.807) is 0 Å². The van der Waals surface area contributed by atoms with Gasteiger partial charge in [0, 0.05) is 11.0 Å². The first-order valence-corrected chi connectivity index (χ1v) is 7.50. The van der Waals surface area contributed by atoms with E-state index in [0.717, 1.165) is 10.0 Å². The van der Waals surface area contributed by atoms with Crippen molar-refractivity contribution in [1.82, 2.24) is 5.32 Å². The predicted molar refractivity (Wildman–Crippen MR) is 85.7 cm³/mol. The molecule has 0 radical (unpaired) electrons. The number of nitrogens with one attached hydrogen (secondary N) is 1. The van der Waals surface area contributed by atoms with Gasteiger partial charge < -0.3 is 5.32 Å². The van der Waals surface area contributed by atoms with Crippen molar-refractivity contribution in [2.24, 2.45) is 0 Å². The molecule has 20 heavy (non-hydrogen) atoms. The zero-order valence-corrected chi connectivity index (χ0v) is 13.1. The van der Waals surface area contributed by atoms with E-state index in [4.69, 9.17) is 0 Å². The van der Waals surface area contributed by atoms with Gasteiger partial charge in [-0.05, 0) is 29.2 Å². The molecule has 3 heteroatoms. The number of benzene rings is 2. The van der Waals surface area contributed by atoms with Gasteiger partial charge >= 0.3 is 0 Å². The van der Waals surface area contributed by atoms with Gasteiger partial charge in [0.2, 0.25) is 5.91 Å². The summed E-state index contributed by atoms with van der Waals surface area (Å²) in [4.78, 5) is 11.9. The molecule has 0 aliphatic rings. The Morgan fingerprint density at radius 2 is 1.75 bits per heavy atom. The van der Waals surface area contributed by atoms with Gasteiger partial charge in [-0.3, -0.25) is 4.79 Å². The first-order chi connectivity index (χ1) is 9.65. The predicted octanol–water partition coefficient (Wildman–Crippen LogP) is 3.91. The molecule has 1 N–H and O–H groups in total. The number of hydrogen-bond acceptors (Lipinski definition) is 1. The second kappa shape index (κ2) is 7.25. The summed E-state index contributed by atoms with van der Waals surface area (Å²) in [7, 11) is 0. The third-order valence-electron chi connectivity index (χ3n) is 3.25. The maximum Gasteiger partial charge on any atom is 0.224 e. The van der Waals surface area contributed by atoms with Gasteiger partial charge in [0.1, 0.15) is 0 Å². The van der Waals surface area contributed by atoms with Crippen LogP contribution in [0.15, 0.2) is 59.1 Å². The molecule has 0 heterocycles. The molecule has 0 bridgehead atoms. The van der Waals surface area contributed by atoms with Crippen LogP contribution in [0.5, 0.6) is 0 Å². The lowest BCUT2D eigenvalue weighted by Gasteiger charge is -2.13. The highest BCUT2D eigenvalue weighted by atomic mass is 79.9. The van der Waals surface area contributed by atoms with E-state index in [1.165, 1.54) is 5.56 Å². The van der Waals surface area contributed by atoms with Gasteiger partial charge in [0.15, 0.2) is 0 Å². The zero-order valence-electron chi connectivity index (χ0n) is 11.5. The second-order valence-corrected chi connectivity index (χ2v) is 5.83. The number of hydrogen-bond donors (Lipinski definition) is 1. The SMILES string of the molecule is CC(CNC(=O)Cc1ccc(Br)cc1)c1ccccc1. The highest BCUT2D eigenvalue weighted by molar-refractivity contribution is 9.10. The van der Waals surface area contributed by atoms with Crippen molar-refractivity contribution in [1.29, 1.82) is 0 Å². The molecule has 0 fully saturated rings. The summed E-state index contributed by atoms with van der Waals surface area (Å²) in [6.45, 7) is 2.79. The van der Waals surface area contributed by atoms with Gasteiger partial charge in [-0.2, -0.15) is 0 Å². The molecule has 2 aromatic carbocycles. The quantitative estimate of drug-likeness (QED) is 0.884. The number of carbonyl (C=O) groups excluding carboxylic acids is 1. The average Bonchev–Trinajstić information content (AvgIpc) is 2.48. The van der Waals surface area contributed by atoms with Gasteiger partial charge in [0.05, 0.1) is 6.42 Å². The van der Waals surface area contributed by atoms with Crippen molar-refractivity contribution in [3.8, 4) is 0 Å². The highest BCUT2D eigenvalue weighted by Gasteiger charge is 2.08. The fraction of sp³-hybridized carbons (Fsp3) is 0.235. The smallest absolute Gasteiger partial charge is 0.224 e. The Balaban J connectivity index is 1.82. The highest BCUT2D eigenvalue weighted by Crippen LogP contribution is 2.13. The summed E-state index contributed by atoms with van der Waals surface area (Å²) in [5, 5.41) is 2.99. The summed E-state index contributed by atoms with van der Waals surface area (Å²) in [6.07, 6.45) is 0.425. The van der Waals surface area contributed by atoms with E-state index in [9.17, 15) is 4.79 Å². The molecule has 1 amide bonds. The van der Waals surface area contributed by atoms with Crippen LogP contribution < -0.4 is 5.32 Å². The molecule has 0 aliphatic carbocycles. The van der Waals surface area contributed by atoms with Crippen LogP contribution in [0.2, 0.25) is 0 Å². The van der Waals surface area contributed by atoms with Crippen molar-refractivity contribution in [3.05, 3.63) is 70.2 Å². The number of amides is 1. The molecule has 2 aromatic rings. The fourth-order valence-electron chi connectivity index (χ4n) is 2.02. The Morgan fingerprint density at radius 3 is 2.40 bits per heavy atom. The van der Waals surface area contributed by atoms with Crippen LogP contribution in [0.25, 0.3) is 0 Å². The van der Waals surface area contributed by atoms with Gasteiger partial charge in [0.25, 0.3) is 0 Å². The first-order valence-electron chi connectivity index (χ1n) is 6.71. The van der Waals surface area contributed by atoms with E-state index in [0.29, 0.717) is 18.9 Å². The summed E-state index contributed by atoms with van der Waals surface area (Å²) < 4.78 is 1.03. The molecule has 1 atom stereocenters. The van der Waals surface area contributed by atoms with Crippen molar-refractivity contribution in [3.63, 3.8) is 0 Å². The lowest BCUT2D eigenvalue weighted by atomic mass is 10.0. The van der Waals surface area contributed by atoms with Crippen molar-refractivity contribution >= 4 is 21.8 Å². The van der Waals surface area contributed by atoms with Gasteiger partial charge in [-0.1, -0.05) is 65.3 Å². The second-order valence-electron chi connectivity index (χ2n) is 4.92. The minimum absolute atomic E-state index is 0.0649. The molecule has 2 rings (SSSR count). The molecule has 0 saturated heterocycles. The monoisotopic (exact) mass is 331 g/mol. The van der Waals surface area contributed by atoms with E-state index >= 15 is 0 Å². The molecule has 0 aromatic heterocycles. The number of halogens is 1. The zero-order chi connectivity index (χ0) is 14.4. The molecule has 0 spiro atoms. The van der Waals surface area contributed by atoms with Crippen molar-refractivity contribution in [2.45, 2.75) is 19.3 Å². The Morgan fingerprint density at radius 1 is 1.10 bits per heavy atom. The summed E-state index contributed by atoms with van der Waals surface area (Å²) >= 11 is 3.39. The van der Waals surface area contributed by atoms with Crippen molar-refractivity contribution < 1.29 is 4.79 Å². The molecule has 2 nitrogen and oxygen atoms in total. The Labute approximate surface area is 128 Å². The maximum absolute atomic E-state index is 11.9. The number of rotatable bonds is 5. The lowest BCUT2D eigenvalue weighted by molar-refractivity contribution is -0.120. The van der Waals surface area contributed by atoms with Crippen LogP contribution in [-0.4, -0.2) is 12.5 Å². The van der Waals surface area contributed by atoms with Gasteiger partial charge in [-0.15, -0.1) is 0 Å². The fourth-order valence-corrected chi connectivity index (χ4v) is 2.28. The summed E-state index contributed by atoms with van der Waals surface area (Å²) in [5.41, 5.74) is 2.27. The minimum Gasteiger partial charge on any atom is -0.355 e. The van der Waals surface area contributed by atoms with Gasteiger partial charge in [-0.25, -0.2) is 0 Å². The maximum atomic E-state index is 11.9.